The molecule has 21 heteroatoms. The summed E-state index contributed by atoms with van der Waals surface area (Å²) in [7, 11) is -21.3. The van der Waals surface area contributed by atoms with E-state index in [0.717, 1.165) is 45.6 Å². The van der Waals surface area contributed by atoms with E-state index in [4.69, 9.17) is 0 Å². The summed E-state index contributed by atoms with van der Waals surface area (Å²) in [5.41, 5.74) is 6.92. The van der Waals surface area contributed by atoms with E-state index >= 15 is 0 Å². The van der Waals surface area contributed by atoms with Crippen LogP contribution in [0.4, 0.5) is 50.4 Å². The Labute approximate surface area is 291 Å². The summed E-state index contributed by atoms with van der Waals surface area (Å²) in [6.07, 6.45) is 7.07. The molecule has 275 valence electrons. The first-order valence-electron chi connectivity index (χ1n) is 13.5. The molecule has 0 fully saturated rings. The second-order valence-electron chi connectivity index (χ2n) is 9.59. The fraction of sp³-hybridized carbons (Fsp3) is 0. The molecule has 6 nitrogen and oxygen atoms in total. The maximum Gasteiger partial charge on any atom is 2.00 e. The van der Waals surface area contributed by atoms with Gasteiger partial charge in [-0.3, -0.25) is 19.9 Å². The molecule has 0 aliphatic carbocycles. The minimum Gasteiger partial charge on any atom is -0.255 e. The van der Waals surface area contributed by atoms with E-state index in [1.165, 1.54) is 0 Å². The van der Waals surface area contributed by atoms with Gasteiger partial charge < -0.3 is 0 Å². The Balaban J connectivity index is 0.000000257. The number of nitrogens with zero attached hydrogens (tertiary/aromatic N) is 6. The van der Waals surface area contributed by atoms with Gasteiger partial charge in [-0.1, -0.05) is 36.4 Å². The molecular formula is C30H22CoF12N6P2. The van der Waals surface area contributed by atoms with Gasteiger partial charge in [0.2, 0.25) is 0 Å². The minimum atomic E-state index is -10.7. The average molecular weight is 815 g/mol. The van der Waals surface area contributed by atoms with Gasteiger partial charge in [0.05, 0.1) is 45.6 Å². The van der Waals surface area contributed by atoms with E-state index in [0.29, 0.717) is 0 Å². The second kappa shape index (κ2) is 15.0. The number of rotatable bonds is 4. The van der Waals surface area contributed by atoms with Crippen LogP contribution in [0.25, 0.3) is 45.6 Å². The maximum atomic E-state index is 9.87. The standard InChI is InChI=1S/2C15H11N3.Co.2F6P/c2*1-3-10-16-12(6-1)14-8-5-9-15(18-14)13-7-2-4-11-17-13;;2*1-7(2,3,4,5)6/h2*1-11H;;;/q;;+2;2*-1. The molecule has 0 aliphatic heterocycles. The van der Waals surface area contributed by atoms with E-state index < -0.39 is 15.6 Å². The van der Waals surface area contributed by atoms with Crippen LogP contribution in [0, 0.1) is 0 Å². The first kappa shape index (κ1) is 42.6. The van der Waals surface area contributed by atoms with E-state index in [2.05, 4.69) is 29.9 Å². The number of hydrogen-bond donors (Lipinski definition) is 0. The Bertz CT molecular complexity index is 1700. The summed E-state index contributed by atoms with van der Waals surface area (Å²) in [5, 5.41) is 0. The molecule has 0 aromatic carbocycles. The molecule has 0 N–H and O–H groups in total. The van der Waals surface area contributed by atoms with E-state index in [-0.39, 0.29) is 16.8 Å². The van der Waals surface area contributed by atoms with Gasteiger partial charge in [-0.05, 0) is 72.8 Å². The van der Waals surface area contributed by atoms with Crippen LogP contribution in [0.5, 0.6) is 0 Å². The Morgan fingerprint density at radius 1 is 0.275 bits per heavy atom. The van der Waals surface area contributed by atoms with Crippen LogP contribution < -0.4 is 0 Å². The van der Waals surface area contributed by atoms with Gasteiger partial charge in [0.15, 0.2) is 0 Å². The summed E-state index contributed by atoms with van der Waals surface area (Å²) < 4.78 is 118. The molecule has 6 heterocycles. The zero-order chi connectivity index (χ0) is 37.2. The van der Waals surface area contributed by atoms with E-state index in [9.17, 15) is 50.4 Å². The van der Waals surface area contributed by atoms with Crippen LogP contribution in [-0.4, -0.2) is 29.9 Å². The average Bonchev–Trinajstić information content (AvgIpc) is 3.04. The van der Waals surface area contributed by atoms with Crippen molar-refractivity contribution in [2.24, 2.45) is 0 Å². The monoisotopic (exact) mass is 815 g/mol. The van der Waals surface area contributed by atoms with Gasteiger partial charge in [-0.25, -0.2) is 9.97 Å². The molecule has 1 radical (unpaired) electrons. The minimum absolute atomic E-state index is 0. The van der Waals surface area contributed by atoms with Crippen LogP contribution in [0.2, 0.25) is 0 Å². The van der Waals surface area contributed by atoms with Gasteiger partial charge in [-0.15, -0.1) is 0 Å². The zero-order valence-electron chi connectivity index (χ0n) is 25.1. The van der Waals surface area contributed by atoms with Crippen molar-refractivity contribution in [2.75, 3.05) is 0 Å². The van der Waals surface area contributed by atoms with Crippen molar-refractivity contribution in [2.45, 2.75) is 0 Å². The topological polar surface area (TPSA) is 77.3 Å². The summed E-state index contributed by atoms with van der Waals surface area (Å²) in [4.78, 5) is 26.4. The van der Waals surface area contributed by atoms with Crippen molar-refractivity contribution in [3.63, 3.8) is 0 Å². The smallest absolute Gasteiger partial charge is 0.255 e. The largest absolute Gasteiger partial charge is 2.00 e. The SMILES string of the molecule is F[P-](F)(F)(F)(F)F.F[P-](F)(F)(F)(F)F.[Co+2].c1ccc(-c2cccc(-c3ccccn3)n2)nc1.c1ccc(-c2cccc(-c3ccccn3)n2)nc1. The summed E-state index contributed by atoms with van der Waals surface area (Å²) in [6.45, 7) is 0. The van der Waals surface area contributed by atoms with Crippen molar-refractivity contribution in [1.29, 1.82) is 0 Å². The Morgan fingerprint density at radius 3 is 0.608 bits per heavy atom. The fourth-order valence-corrected chi connectivity index (χ4v) is 3.50. The molecule has 51 heavy (non-hydrogen) atoms. The van der Waals surface area contributed by atoms with Crippen molar-refractivity contribution in [3.05, 3.63) is 134 Å². The predicted molar refractivity (Wildman–Crippen MR) is 169 cm³/mol. The van der Waals surface area contributed by atoms with Crippen LogP contribution in [0.15, 0.2) is 134 Å². The van der Waals surface area contributed by atoms with Gasteiger partial charge in [0.1, 0.15) is 0 Å². The summed E-state index contributed by atoms with van der Waals surface area (Å²) in [6, 6.07) is 35.0. The van der Waals surface area contributed by atoms with Crippen molar-refractivity contribution in [3.8, 4) is 45.6 Å². The number of pyridine rings is 6. The van der Waals surface area contributed by atoms with Crippen LogP contribution >= 0.6 is 15.6 Å². The third-order valence-electron chi connectivity index (χ3n) is 5.21. The molecular weight excluding hydrogens is 793 g/mol. The second-order valence-corrected chi connectivity index (χ2v) is 13.4. The molecule has 0 amide bonds. The molecule has 0 spiro atoms. The number of aromatic nitrogens is 6. The number of hydrogen-bond acceptors (Lipinski definition) is 6. The summed E-state index contributed by atoms with van der Waals surface area (Å²) >= 11 is 0. The maximum absolute atomic E-state index is 10.7. The van der Waals surface area contributed by atoms with Crippen LogP contribution in [-0.2, 0) is 16.8 Å². The molecule has 6 aromatic rings. The van der Waals surface area contributed by atoms with Gasteiger partial charge in [0, 0.05) is 24.8 Å². The van der Waals surface area contributed by atoms with Gasteiger partial charge >= 0.3 is 82.8 Å². The van der Waals surface area contributed by atoms with E-state index in [1.807, 2.05) is 109 Å². The van der Waals surface area contributed by atoms with Gasteiger partial charge in [-0.2, -0.15) is 0 Å². The molecule has 0 saturated carbocycles. The van der Waals surface area contributed by atoms with Crippen molar-refractivity contribution in [1.82, 2.24) is 29.9 Å². The Hall–Kier alpha value is -4.57. The normalized spacial score (nSPS) is 13.6. The van der Waals surface area contributed by atoms with Crippen LogP contribution in [0.3, 0.4) is 0 Å². The zero-order valence-corrected chi connectivity index (χ0v) is 28.0. The first-order chi connectivity index (χ1) is 22.8. The first-order valence-corrected chi connectivity index (χ1v) is 17.5. The third-order valence-corrected chi connectivity index (χ3v) is 5.21. The van der Waals surface area contributed by atoms with Crippen LogP contribution in [0.1, 0.15) is 0 Å². The predicted octanol–water partition coefficient (Wildman–Crippen LogP) is 13.2. The quantitative estimate of drug-likeness (QED) is 0.130. The molecule has 6 rings (SSSR count). The molecule has 0 saturated heterocycles. The van der Waals surface area contributed by atoms with Crippen molar-refractivity contribution < 1.29 is 67.1 Å². The molecule has 0 unspecified atom stereocenters. The molecule has 6 aromatic heterocycles. The third kappa shape index (κ3) is 21.3. The molecule has 0 bridgehead atoms. The summed E-state index contributed by atoms with van der Waals surface area (Å²) in [5.74, 6) is 0. The Morgan fingerprint density at radius 2 is 0.451 bits per heavy atom. The van der Waals surface area contributed by atoms with Crippen molar-refractivity contribution >= 4 is 15.6 Å². The molecule has 0 aliphatic rings. The fourth-order valence-electron chi connectivity index (χ4n) is 3.50. The Kier molecular flexibility index (Phi) is 12.5. The van der Waals surface area contributed by atoms with E-state index in [1.54, 1.807) is 24.8 Å². The van der Waals surface area contributed by atoms with Gasteiger partial charge in [0.25, 0.3) is 0 Å². The number of halogens is 12. The molecule has 0 atom stereocenters.